The van der Waals surface area contributed by atoms with Gasteiger partial charge in [0.05, 0.1) is 5.69 Å². The van der Waals surface area contributed by atoms with Crippen LogP contribution in [0.2, 0.25) is 0 Å². The summed E-state index contributed by atoms with van der Waals surface area (Å²) in [5, 5.41) is 2.22. The minimum atomic E-state index is -1.19. The Bertz CT molecular complexity index is 677. The lowest BCUT2D eigenvalue weighted by molar-refractivity contribution is -0.118. The van der Waals surface area contributed by atoms with Crippen LogP contribution in [-0.4, -0.2) is 12.5 Å². The van der Waals surface area contributed by atoms with Crippen LogP contribution in [0.25, 0.3) is 0 Å². The molecule has 0 atom stereocenters. The van der Waals surface area contributed by atoms with Gasteiger partial charge in [0, 0.05) is 5.69 Å². The first-order valence-corrected chi connectivity index (χ1v) is 5.89. The lowest BCUT2D eigenvalue weighted by atomic mass is 10.2. The summed E-state index contributed by atoms with van der Waals surface area (Å²) in [7, 11) is 0. The third kappa shape index (κ3) is 3.65. The van der Waals surface area contributed by atoms with E-state index >= 15 is 0 Å². The first-order valence-electron chi connectivity index (χ1n) is 5.89. The van der Waals surface area contributed by atoms with Crippen molar-refractivity contribution in [2.45, 2.75) is 0 Å². The van der Waals surface area contributed by atoms with E-state index in [-0.39, 0.29) is 11.4 Å². The highest BCUT2D eigenvalue weighted by Gasteiger charge is 2.12. The van der Waals surface area contributed by atoms with E-state index in [4.69, 9.17) is 10.5 Å². The molecule has 0 saturated carbocycles. The minimum Gasteiger partial charge on any atom is -0.481 e. The summed E-state index contributed by atoms with van der Waals surface area (Å²) in [4.78, 5) is 11.6. The molecule has 0 saturated heterocycles. The smallest absolute Gasteiger partial charge is 0.262 e. The monoisotopic (exact) mass is 296 g/mol. The maximum Gasteiger partial charge on any atom is 0.262 e. The van der Waals surface area contributed by atoms with Gasteiger partial charge in [-0.15, -0.1) is 0 Å². The number of nitrogen functional groups attached to an aromatic ring is 1. The second kappa shape index (κ2) is 6.17. The molecule has 0 heterocycles. The van der Waals surface area contributed by atoms with Crippen molar-refractivity contribution in [1.82, 2.24) is 0 Å². The van der Waals surface area contributed by atoms with E-state index in [2.05, 4.69) is 5.32 Å². The lowest BCUT2D eigenvalue weighted by Gasteiger charge is -2.09. The summed E-state index contributed by atoms with van der Waals surface area (Å²) in [6.45, 7) is -0.603. The van der Waals surface area contributed by atoms with E-state index in [0.29, 0.717) is 0 Å². The van der Waals surface area contributed by atoms with Crippen molar-refractivity contribution in [3.05, 3.63) is 53.8 Å². The first kappa shape index (κ1) is 14.7. The zero-order valence-corrected chi connectivity index (χ0v) is 10.7. The Kier molecular flexibility index (Phi) is 4.32. The van der Waals surface area contributed by atoms with E-state index in [1.165, 1.54) is 24.3 Å². The van der Waals surface area contributed by atoms with Gasteiger partial charge in [0.2, 0.25) is 5.82 Å². The van der Waals surface area contributed by atoms with Crippen LogP contribution in [0, 0.1) is 17.5 Å². The molecular weight excluding hydrogens is 285 g/mol. The molecule has 21 heavy (non-hydrogen) atoms. The van der Waals surface area contributed by atoms with Gasteiger partial charge in [-0.05, 0) is 30.3 Å². The fraction of sp³-hybridized carbons (Fsp3) is 0.0714. The number of benzene rings is 2. The first-order chi connectivity index (χ1) is 9.97. The summed E-state index contributed by atoms with van der Waals surface area (Å²) in [5.41, 5.74) is 5.61. The maximum atomic E-state index is 13.4. The summed E-state index contributed by atoms with van der Waals surface area (Å²) < 4.78 is 44.4. The van der Waals surface area contributed by atoms with Gasteiger partial charge in [0.1, 0.15) is 5.82 Å². The van der Waals surface area contributed by atoms with Crippen molar-refractivity contribution < 1.29 is 22.7 Å². The predicted molar refractivity (Wildman–Crippen MR) is 71.3 cm³/mol. The maximum absolute atomic E-state index is 13.4. The van der Waals surface area contributed by atoms with Gasteiger partial charge in [-0.25, -0.2) is 8.78 Å². The fourth-order valence-electron chi connectivity index (χ4n) is 1.56. The van der Waals surface area contributed by atoms with Crippen LogP contribution in [0.1, 0.15) is 0 Å². The molecule has 3 N–H and O–H groups in total. The van der Waals surface area contributed by atoms with Crippen molar-refractivity contribution in [2.75, 3.05) is 17.7 Å². The number of nitrogens with one attached hydrogen (secondary N) is 1. The second-order valence-corrected chi connectivity index (χ2v) is 4.13. The molecule has 2 aromatic rings. The van der Waals surface area contributed by atoms with E-state index in [1.54, 1.807) is 0 Å². The van der Waals surface area contributed by atoms with Crippen molar-refractivity contribution in [2.24, 2.45) is 0 Å². The molecule has 0 aliphatic heterocycles. The minimum absolute atomic E-state index is 0.122. The van der Waals surface area contributed by atoms with Crippen LogP contribution in [0.5, 0.6) is 5.75 Å². The molecule has 2 rings (SSSR count). The second-order valence-electron chi connectivity index (χ2n) is 4.13. The molecular formula is C14H11F3N2O2. The zero-order valence-electron chi connectivity index (χ0n) is 10.7. The predicted octanol–water partition coefficient (Wildman–Crippen LogP) is 2.70. The largest absolute Gasteiger partial charge is 0.481 e. The lowest BCUT2D eigenvalue weighted by Crippen LogP contribution is -2.21. The summed E-state index contributed by atoms with van der Waals surface area (Å²) in [5.74, 6) is -4.09. The molecule has 0 aliphatic carbocycles. The number of rotatable bonds is 4. The Balaban J connectivity index is 1.99. The summed E-state index contributed by atoms with van der Waals surface area (Å²) >= 11 is 0. The molecule has 0 unspecified atom stereocenters. The van der Waals surface area contributed by atoms with Crippen molar-refractivity contribution >= 4 is 17.3 Å². The highest BCUT2D eigenvalue weighted by Crippen LogP contribution is 2.20. The molecule has 0 aliphatic rings. The highest BCUT2D eigenvalue weighted by molar-refractivity contribution is 5.92. The third-order valence-corrected chi connectivity index (χ3v) is 2.54. The number of carbonyl (C=O) groups excluding carboxylic acids is 1. The molecule has 4 nitrogen and oxygen atoms in total. The van der Waals surface area contributed by atoms with Crippen molar-refractivity contribution in [1.29, 1.82) is 0 Å². The van der Waals surface area contributed by atoms with E-state index in [9.17, 15) is 18.0 Å². The fourth-order valence-corrected chi connectivity index (χ4v) is 1.56. The number of carbonyl (C=O) groups is 1. The highest BCUT2D eigenvalue weighted by atomic mass is 19.2. The molecule has 110 valence electrons. The molecule has 0 bridgehead atoms. The van der Waals surface area contributed by atoms with Gasteiger partial charge in [0.15, 0.2) is 18.2 Å². The zero-order chi connectivity index (χ0) is 15.4. The number of halogens is 3. The van der Waals surface area contributed by atoms with Gasteiger partial charge in [-0.3, -0.25) is 4.79 Å². The third-order valence-electron chi connectivity index (χ3n) is 2.54. The van der Waals surface area contributed by atoms with Gasteiger partial charge < -0.3 is 15.8 Å². The van der Waals surface area contributed by atoms with Gasteiger partial charge in [-0.1, -0.05) is 6.07 Å². The summed E-state index contributed by atoms with van der Waals surface area (Å²) in [6.07, 6.45) is 0. The molecule has 1 amide bonds. The average molecular weight is 296 g/mol. The molecule has 7 heteroatoms. The van der Waals surface area contributed by atoms with E-state index < -0.39 is 35.7 Å². The van der Waals surface area contributed by atoms with Crippen LogP contribution >= 0.6 is 0 Å². The number of amides is 1. The normalized spacial score (nSPS) is 10.2. The van der Waals surface area contributed by atoms with Crippen LogP contribution in [-0.2, 0) is 4.79 Å². The van der Waals surface area contributed by atoms with E-state index in [0.717, 1.165) is 12.1 Å². The summed E-state index contributed by atoms with van der Waals surface area (Å²) in [6, 6.07) is 7.00. The quantitative estimate of drug-likeness (QED) is 0.853. The van der Waals surface area contributed by atoms with Crippen molar-refractivity contribution in [3.8, 4) is 5.75 Å². The van der Waals surface area contributed by atoms with Gasteiger partial charge >= 0.3 is 0 Å². The van der Waals surface area contributed by atoms with Crippen LogP contribution in [0.15, 0.2) is 36.4 Å². The average Bonchev–Trinajstić information content (AvgIpc) is 2.44. The number of ether oxygens (including phenoxy) is 1. The molecule has 0 radical (unpaired) electrons. The number of nitrogens with two attached hydrogens (primary N) is 1. The van der Waals surface area contributed by atoms with Crippen molar-refractivity contribution in [3.63, 3.8) is 0 Å². The Labute approximate surface area is 118 Å². The number of hydrogen-bond acceptors (Lipinski definition) is 3. The SMILES string of the molecule is Nc1ccc(F)c(NC(=O)COc2cccc(F)c2F)c1. The van der Waals surface area contributed by atoms with E-state index in [1.807, 2.05) is 0 Å². The molecule has 0 spiro atoms. The Hall–Kier alpha value is -2.70. The van der Waals surface area contributed by atoms with Crippen LogP contribution in [0.3, 0.4) is 0 Å². The van der Waals surface area contributed by atoms with Gasteiger partial charge in [0.25, 0.3) is 5.91 Å². The topological polar surface area (TPSA) is 64.3 Å². The molecule has 0 aromatic heterocycles. The van der Waals surface area contributed by atoms with Gasteiger partial charge in [-0.2, -0.15) is 4.39 Å². The molecule has 2 aromatic carbocycles. The van der Waals surface area contributed by atoms with Crippen LogP contribution in [0.4, 0.5) is 24.5 Å². The Morgan fingerprint density at radius 1 is 1.14 bits per heavy atom. The Morgan fingerprint density at radius 2 is 1.90 bits per heavy atom. The standard InChI is InChI=1S/C14H11F3N2O2/c15-9-5-4-8(18)6-11(9)19-13(20)7-21-12-3-1-2-10(16)14(12)17/h1-6H,7,18H2,(H,19,20). The number of hydrogen-bond donors (Lipinski definition) is 2. The Morgan fingerprint density at radius 3 is 2.67 bits per heavy atom. The molecule has 0 fully saturated rings. The number of anilines is 2. The van der Waals surface area contributed by atoms with Crippen LogP contribution < -0.4 is 15.8 Å².